The molecule has 1 atom stereocenters. The van der Waals surface area contributed by atoms with E-state index in [1.807, 2.05) is 31.6 Å². The first-order valence-corrected chi connectivity index (χ1v) is 10.1. The van der Waals surface area contributed by atoms with E-state index in [9.17, 15) is 14.7 Å². The minimum atomic E-state index is -0.643. The average molecular weight is 402 g/mol. The Kier molecular flexibility index (Phi) is 6.16. The first-order valence-electron chi connectivity index (χ1n) is 9.19. The second kappa shape index (κ2) is 8.58. The van der Waals surface area contributed by atoms with Crippen LogP contribution in [0.1, 0.15) is 22.9 Å². The molecule has 1 amide bonds. The number of ketones is 1. The van der Waals surface area contributed by atoms with Gasteiger partial charge in [-0.15, -0.1) is 11.3 Å². The van der Waals surface area contributed by atoms with E-state index >= 15 is 0 Å². The molecule has 3 rings (SSSR count). The van der Waals surface area contributed by atoms with Crippen LogP contribution < -0.4 is 9.64 Å². The van der Waals surface area contributed by atoms with Crippen LogP contribution >= 0.6 is 11.3 Å². The molecule has 1 aliphatic rings. The van der Waals surface area contributed by atoms with Crippen molar-refractivity contribution in [2.24, 2.45) is 0 Å². The number of aliphatic hydroxyl groups is 1. The Bertz CT molecular complexity index is 890. The Morgan fingerprint density at radius 2 is 2.04 bits per heavy atom. The van der Waals surface area contributed by atoms with Crippen molar-refractivity contribution >= 4 is 28.8 Å². The number of carbonyl (C=O) groups excluding carboxylic acids is 2. The third kappa shape index (κ3) is 3.95. The number of amides is 1. The zero-order valence-corrected chi connectivity index (χ0v) is 17.1. The van der Waals surface area contributed by atoms with Crippen LogP contribution in [0.5, 0.6) is 5.75 Å². The van der Waals surface area contributed by atoms with Crippen molar-refractivity contribution in [3.63, 3.8) is 0 Å². The van der Waals surface area contributed by atoms with Crippen molar-refractivity contribution in [3.05, 3.63) is 57.8 Å². The van der Waals surface area contributed by atoms with E-state index in [1.54, 1.807) is 29.2 Å². The number of ether oxygens (including phenoxy) is 1. The third-order valence-electron chi connectivity index (χ3n) is 4.77. The van der Waals surface area contributed by atoms with Crippen LogP contribution in [0.3, 0.4) is 0 Å². The first-order chi connectivity index (χ1) is 13.4. The van der Waals surface area contributed by atoms with Gasteiger partial charge in [-0.3, -0.25) is 9.59 Å². The Morgan fingerprint density at radius 1 is 1.25 bits per heavy atom. The zero-order valence-electron chi connectivity index (χ0n) is 16.3. The number of rotatable bonds is 7. The van der Waals surface area contributed by atoms with Crippen LogP contribution in [0, 0.1) is 0 Å². The van der Waals surface area contributed by atoms with Gasteiger partial charge in [0, 0.05) is 23.4 Å². The number of nitrogens with one attached hydrogen (secondary N) is 1. The summed E-state index contributed by atoms with van der Waals surface area (Å²) in [4.78, 5) is 29.3. The van der Waals surface area contributed by atoms with Crippen molar-refractivity contribution in [2.45, 2.75) is 12.5 Å². The fraction of sp³-hybridized carbons (Fsp3) is 0.333. The molecule has 1 aliphatic heterocycles. The van der Waals surface area contributed by atoms with Gasteiger partial charge in [-0.2, -0.15) is 0 Å². The number of nitrogens with zero attached hydrogens (tertiary/aromatic N) is 1. The zero-order chi connectivity index (χ0) is 20.3. The second-order valence-electron chi connectivity index (χ2n) is 7.05. The van der Waals surface area contributed by atoms with Crippen LogP contribution in [0.2, 0.25) is 0 Å². The van der Waals surface area contributed by atoms with Gasteiger partial charge in [0.25, 0.3) is 11.7 Å². The summed E-state index contributed by atoms with van der Waals surface area (Å²) >= 11 is 1.47. The lowest BCUT2D eigenvalue weighted by Crippen LogP contribution is -3.05. The molecule has 1 aromatic heterocycles. The Hall–Kier alpha value is -2.64. The predicted octanol–water partition coefficient (Wildman–Crippen LogP) is 1.71. The molecule has 0 spiro atoms. The molecule has 7 heteroatoms. The predicted molar refractivity (Wildman–Crippen MR) is 109 cm³/mol. The van der Waals surface area contributed by atoms with E-state index in [0.29, 0.717) is 17.9 Å². The highest BCUT2D eigenvalue weighted by Gasteiger charge is 2.46. The lowest BCUT2D eigenvalue weighted by molar-refractivity contribution is -0.858. The lowest BCUT2D eigenvalue weighted by Gasteiger charge is -2.24. The van der Waals surface area contributed by atoms with Crippen molar-refractivity contribution in [1.82, 2.24) is 4.90 Å². The second-order valence-corrected chi connectivity index (χ2v) is 8.03. The topological polar surface area (TPSA) is 71.3 Å². The molecule has 1 saturated heterocycles. The molecule has 2 N–H and O–H groups in total. The minimum Gasteiger partial charge on any atom is -0.507 e. The largest absolute Gasteiger partial charge is 0.507 e. The molecular weight excluding hydrogens is 376 g/mol. The maximum atomic E-state index is 12.8. The Labute approximate surface area is 168 Å². The van der Waals surface area contributed by atoms with Crippen molar-refractivity contribution in [1.29, 1.82) is 0 Å². The molecule has 2 heterocycles. The SMILES string of the molecule is COc1cccc(C(O)=C2C(=O)C(=O)N(CCC[NH+](C)C)[C@H]2c2cccs2)c1. The molecule has 0 unspecified atom stereocenters. The van der Waals surface area contributed by atoms with Crippen molar-refractivity contribution in [2.75, 3.05) is 34.3 Å². The number of Topliss-reactive ketones (excluding diaryl/α,β-unsaturated/α-hetero) is 1. The molecule has 28 heavy (non-hydrogen) atoms. The molecule has 2 aromatic rings. The molecule has 0 radical (unpaired) electrons. The van der Waals surface area contributed by atoms with E-state index in [2.05, 4.69) is 0 Å². The van der Waals surface area contributed by atoms with Gasteiger partial charge in [0.05, 0.1) is 39.4 Å². The highest BCUT2D eigenvalue weighted by molar-refractivity contribution is 7.10. The summed E-state index contributed by atoms with van der Waals surface area (Å²) in [5.74, 6) is -0.802. The number of methoxy groups -OCH3 is 1. The lowest BCUT2D eigenvalue weighted by atomic mass is 9.99. The number of hydrogen-bond donors (Lipinski definition) is 2. The number of quaternary nitrogens is 1. The van der Waals surface area contributed by atoms with Gasteiger partial charge in [-0.1, -0.05) is 18.2 Å². The van der Waals surface area contributed by atoms with E-state index in [1.165, 1.54) is 23.3 Å². The highest BCUT2D eigenvalue weighted by atomic mass is 32.1. The first kappa shape index (κ1) is 20.1. The molecule has 0 bridgehead atoms. The summed E-state index contributed by atoms with van der Waals surface area (Å²) in [6, 6.07) is 10.1. The van der Waals surface area contributed by atoms with Gasteiger partial charge >= 0.3 is 0 Å². The molecule has 0 aliphatic carbocycles. The van der Waals surface area contributed by atoms with Crippen LogP contribution in [-0.2, 0) is 9.59 Å². The molecule has 1 fully saturated rings. The van der Waals surface area contributed by atoms with E-state index in [0.717, 1.165) is 17.8 Å². The average Bonchev–Trinajstić information content (AvgIpc) is 3.29. The van der Waals surface area contributed by atoms with Gasteiger partial charge in [0.1, 0.15) is 11.5 Å². The van der Waals surface area contributed by atoms with Crippen LogP contribution in [0.15, 0.2) is 47.4 Å². The molecular formula is C21H25N2O4S+. The van der Waals surface area contributed by atoms with Crippen LogP contribution in [0.25, 0.3) is 5.76 Å². The summed E-state index contributed by atoms with van der Waals surface area (Å²) < 4.78 is 5.22. The molecule has 0 saturated carbocycles. The quantitative estimate of drug-likeness (QED) is 0.421. The van der Waals surface area contributed by atoms with Crippen molar-refractivity contribution in [3.8, 4) is 5.75 Å². The maximum Gasteiger partial charge on any atom is 0.295 e. The monoisotopic (exact) mass is 401 g/mol. The van der Waals surface area contributed by atoms with E-state index < -0.39 is 17.7 Å². The smallest absolute Gasteiger partial charge is 0.295 e. The van der Waals surface area contributed by atoms with Gasteiger partial charge in [-0.25, -0.2) is 0 Å². The number of benzene rings is 1. The summed E-state index contributed by atoms with van der Waals surface area (Å²) in [5.41, 5.74) is 0.592. The normalized spacial score (nSPS) is 18.9. The highest BCUT2D eigenvalue weighted by Crippen LogP contribution is 2.41. The summed E-state index contributed by atoms with van der Waals surface area (Å²) in [6.07, 6.45) is 0.774. The molecule has 1 aromatic carbocycles. The van der Waals surface area contributed by atoms with Crippen LogP contribution in [0.4, 0.5) is 0 Å². The minimum absolute atomic E-state index is 0.137. The number of hydrogen-bond acceptors (Lipinski definition) is 5. The van der Waals surface area contributed by atoms with Gasteiger partial charge in [-0.05, 0) is 23.6 Å². The summed E-state index contributed by atoms with van der Waals surface area (Å²) in [5, 5.41) is 12.9. The number of likely N-dealkylation sites (tertiary alicyclic amines) is 1. The molecule has 148 valence electrons. The fourth-order valence-corrected chi connectivity index (χ4v) is 4.23. The van der Waals surface area contributed by atoms with E-state index in [-0.39, 0.29) is 11.3 Å². The van der Waals surface area contributed by atoms with Gasteiger partial charge in [0.2, 0.25) is 0 Å². The van der Waals surface area contributed by atoms with Crippen molar-refractivity contribution < 1.29 is 24.3 Å². The Morgan fingerprint density at radius 3 is 2.68 bits per heavy atom. The summed E-state index contributed by atoms with van der Waals surface area (Å²) in [7, 11) is 5.64. The fourth-order valence-electron chi connectivity index (χ4n) is 3.38. The number of thiophene rings is 1. The van der Waals surface area contributed by atoms with E-state index in [4.69, 9.17) is 4.74 Å². The van der Waals surface area contributed by atoms with Gasteiger partial charge in [0.15, 0.2) is 0 Å². The van der Waals surface area contributed by atoms with Crippen LogP contribution in [-0.4, -0.2) is 56.0 Å². The molecule has 6 nitrogen and oxygen atoms in total. The maximum absolute atomic E-state index is 12.8. The summed E-state index contributed by atoms with van der Waals surface area (Å²) in [6.45, 7) is 1.35. The van der Waals surface area contributed by atoms with Gasteiger partial charge < -0.3 is 19.6 Å². The Balaban J connectivity index is 2.04. The number of aliphatic hydroxyl groups excluding tert-OH is 1. The third-order valence-corrected chi connectivity index (χ3v) is 5.70. The standard InChI is InChI=1S/C21H24N2O4S/c1-22(2)10-6-11-23-18(16-9-5-12-28-16)17(20(25)21(23)26)19(24)14-7-4-8-15(13-14)27-3/h4-5,7-9,12-13,18,24H,6,10-11H2,1-3H3/p+1/t18-/m0/s1. The number of carbonyl (C=O) groups is 2.